The van der Waals surface area contributed by atoms with Crippen molar-refractivity contribution in [1.29, 1.82) is 0 Å². The third-order valence-corrected chi connectivity index (χ3v) is 4.88. The van der Waals surface area contributed by atoms with Crippen molar-refractivity contribution in [3.63, 3.8) is 0 Å². The number of amides is 1. The summed E-state index contributed by atoms with van der Waals surface area (Å²) < 4.78 is 35.2. The molecule has 1 aliphatic rings. The maximum Gasteiger partial charge on any atom is 0.387 e. The molecule has 2 aromatic carbocycles. The summed E-state index contributed by atoms with van der Waals surface area (Å²) in [6, 6.07) is 13.7. The summed E-state index contributed by atoms with van der Waals surface area (Å²) in [5.74, 6) is 0.176. The first-order valence-corrected chi connectivity index (χ1v) is 9.29. The van der Waals surface area contributed by atoms with Gasteiger partial charge in [0.2, 0.25) is 0 Å². The summed E-state index contributed by atoms with van der Waals surface area (Å²) in [6.07, 6.45) is 2.20. The van der Waals surface area contributed by atoms with Gasteiger partial charge in [-0.05, 0) is 44.1 Å². The number of hydrogen-bond donors (Lipinski definition) is 1. The van der Waals surface area contributed by atoms with Gasteiger partial charge in [-0.25, -0.2) is 0 Å². The summed E-state index contributed by atoms with van der Waals surface area (Å²) in [6.45, 7) is -0.782. The number of para-hydroxylation sites is 2. The maximum atomic E-state index is 12.7. The molecule has 0 radical (unpaired) electrons. The van der Waals surface area contributed by atoms with Gasteiger partial charge in [0, 0.05) is 12.1 Å². The number of likely N-dealkylation sites (tertiary alicyclic amines) is 1. The maximum absolute atomic E-state index is 12.7. The van der Waals surface area contributed by atoms with E-state index in [2.05, 4.69) is 15.0 Å². The van der Waals surface area contributed by atoms with Gasteiger partial charge in [0.25, 0.3) is 5.91 Å². The van der Waals surface area contributed by atoms with Crippen molar-refractivity contribution in [2.45, 2.75) is 25.5 Å². The first-order valence-electron chi connectivity index (χ1n) is 9.29. The molecule has 0 saturated carbocycles. The quantitative estimate of drug-likeness (QED) is 0.744. The Labute approximate surface area is 163 Å². The van der Waals surface area contributed by atoms with E-state index in [0.717, 1.165) is 37.2 Å². The van der Waals surface area contributed by atoms with Gasteiger partial charge in [-0.3, -0.25) is 9.69 Å². The van der Waals surface area contributed by atoms with Gasteiger partial charge >= 0.3 is 6.61 Å². The van der Waals surface area contributed by atoms with Crippen molar-refractivity contribution in [1.82, 2.24) is 10.2 Å². The monoisotopic (exact) mass is 390 g/mol. The molecule has 1 unspecified atom stereocenters. The molecular formula is C21H24F2N2O3. The lowest BCUT2D eigenvalue weighted by molar-refractivity contribution is -0.0501. The van der Waals surface area contributed by atoms with Crippen LogP contribution in [-0.2, 0) is 0 Å². The lowest BCUT2D eigenvalue weighted by Crippen LogP contribution is -2.37. The number of ether oxygens (including phenoxy) is 2. The number of carbonyl (C=O) groups is 1. The number of nitrogens with zero attached hydrogens (tertiary/aromatic N) is 1. The summed E-state index contributed by atoms with van der Waals surface area (Å²) in [5, 5.41) is 2.88. The van der Waals surface area contributed by atoms with E-state index in [1.807, 2.05) is 24.3 Å². The highest BCUT2D eigenvalue weighted by Gasteiger charge is 2.27. The van der Waals surface area contributed by atoms with Crippen LogP contribution in [0.25, 0.3) is 0 Å². The average Bonchev–Trinajstić information content (AvgIpc) is 3.23. The third kappa shape index (κ3) is 4.78. The van der Waals surface area contributed by atoms with E-state index < -0.39 is 12.5 Å². The number of hydrogen-bond acceptors (Lipinski definition) is 4. The lowest BCUT2D eigenvalue weighted by atomic mass is 10.0. The number of alkyl halides is 2. The molecule has 3 rings (SSSR count). The fourth-order valence-electron chi connectivity index (χ4n) is 3.57. The molecule has 28 heavy (non-hydrogen) atoms. The summed E-state index contributed by atoms with van der Waals surface area (Å²) in [4.78, 5) is 15.0. The van der Waals surface area contributed by atoms with Gasteiger partial charge in [0.05, 0.1) is 18.7 Å². The van der Waals surface area contributed by atoms with Crippen LogP contribution in [0.4, 0.5) is 8.78 Å². The molecule has 150 valence electrons. The highest BCUT2D eigenvalue weighted by Crippen LogP contribution is 2.31. The second kappa shape index (κ2) is 9.50. The first kappa shape index (κ1) is 20.1. The average molecular weight is 390 g/mol. The summed E-state index contributed by atoms with van der Waals surface area (Å²) in [5.41, 5.74) is 1.08. The summed E-state index contributed by atoms with van der Waals surface area (Å²) >= 11 is 0. The third-order valence-electron chi connectivity index (χ3n) is 4.88. The molecule has 0 bridgehead atoms. The van der Waals surface area contributed by atoms with E-state index in [9.17, 15) is 13.6 Å². The standard InChI is InChI=1S/C21H24F2N2O3/c1-27-18-10-4-2-8-15(18)17(25-12-6-7-13-25)14-24-20(26)16-9-3-5-11-19(16)28-21(22)23/h2-5,8-11,17,21H,6-7,12-14H2,1H3,(H,24,26). The number of nitrogens with one attached hydrogen (secondary N) is 1. The smallest absolute Gasteiger partial charge is 0.387 e. The lowest BCUT2D eigenvalue weighted by Gasteiger charge is -2.29. The Morgan fingerprint density at radius 1 is 1.07 bits per heavy atom. The van der Waals surface area contributed by atoms with Gasteiger partial charge < -0.3 is 14.8 Å². The highest BCUT2D eigenvalue weighted by atomic mass is 19.3. The fraction of sp³-hybridized carbons (Fsp3) is 0.381. The molecule has 0 aromatic heterocycles. The Bertz CT molecular complexity index is 795. The first-order chi connectivity index (χ1) is 13.6. The molecule has 1 fully saturated rings. The number of benzene rings is 2. The topological polar surface area (TPSA) is 50.8 Å². The van der Waals surface area contributed by atoms with Gasteiger partial charge in [-0.2, -0.15) is 8.78 Å². The molecule has 0 spiro atoms. The molecule has 1 saturated heterocycles. The van der Waals surface area contributed by atoms with E-state index in [1.54, 1.807) is 19.2 Å². The summed E-state index contributed by atoms with van der Waals surface area (Å²) in [7, 11) is 1.62. The number of carbonyl (C=O) groups excluding carboxylic acids is 1. The Morgan fingerprint density at radius 2 is 1.71 bits per heavy atom. The van der Waals surface area contributed by atoms with Crippen molar-refractivity contribution in [2.24, 2.45) is 0 Å². The molecule has 5 nitrogen and oxygen atoms in total. The molecule has 0 aliphatic carbocycles. The largest absolute Gasteiger partial charge is 0.496 e. The number of rotatable bonds is 8. The van der Waals surface area contributed by atoms with Crippen LogP contribution in [0.1, 0.15) is 34.8 Å². The van der Waals surface area contributed by atoms with Crippen LogP contribution < -0.4 is 14.8 Å². The minimum Gasteiger partial charge on any atom is -0.496 e. The minimum atomic E-state index is -2.99. The molecule has 7 heteroatoms. The van der Waals surface area contributed by atoms with Crippen molar-refractivity contribution in [2.75, 3.05) is 26.7 Å². The molecule has 1 atom stereocenters. The van der Waals surface area contributed by atoms with Crippen molar-refractivity contribution >= 4 is 5.91 Å². The minimum absolute atomic E-state index is 0.0641. The Kier molecular flexibility index (Phi) is 6.81. The van der Waals surface area contributed by atoms with Crippen LogP contribution in [0.2, 0.25) is 0 Å². The molecule has 1 N–H and O–H groups in total. The normalized spacial score (nSPS) is 15.4. The van der Waals surface area contributed by atoms with Gasteiger partial charge in [0.1, 0.15) is 11.5 Å². The van der Waals surface area contributed by atoms with Crippen molar-refractivity contribution < 1.29 is 23.0 Å². The second-order valence-electron chi connectivity index (χ2n) is 6.59. The van der Waals surface area contributed by atoms with Crippen molar-refractivity contribution in [3.8, 4) is 11.5 Å². The Balaban J connectivity index is 1.78. The zero-order chi connectivity index (χ0) is 19.9. The van der Waals surface area contributed by atoms with E-state index >= 15 is 0 Å². The van der Waals surface area contributed by atoms with E-state index in [0.29, 0.717) is 6.54 Å². The van der Waals surface area contributed by atoms with Crippen LogP contribution in [-0.4, -0.2) is 44.2 Å². The van der Waals surface area contributed by atoms with Gasteiger partial charge in [-0.1, -0.05) is 30.3 Å². The molecule has 2 aromatic rings. The molecular weight excluding hydrogens is 366 g/mol. The highest BCUT2D eigenvalue weighted by molar-refractivity contribution is 5.96. The van der Waals surface area contributed by atoms with Crippen LogP contribution in [0, 0.1) is 0 Å². The van der Waals surface area contributed by atoms with Crippen molar-refractivity contribution in [3.05, 3.63) is 59.7 Å². The predicted octanol–water partition coefficient (Wildman–Crippen LogP) is 3.86. The molecule has 1 aliphatic heterocycles. The van der Waals surface area contributed by atoms with Crippen LogP contribution in [0.3, 0.4) is 0 Å². The van der Waals surface area contributed by atoms with E-state index in [-0.39, 0.29) is 17.4 Å². The van der Waals surface area contributed by atoms with Gasteiger partial charge in [-0.15, -0.1) is 0 Å². The molecule has 1 heterocycles. The fourth-order valence-corrected chi connectivity index (χ4v) is 3.57. The van der Waals surface area contributed by atoms with Crippen LogP contribution in [0.5, 0.6) is 11.5 Å². The molecule has 1 amide bonds. The zero-order valence-electron chi connectivity index (χ0n) is 15.7. The second-order valence-corrected chi connectivity index (χ2v) is 6.59. The SMILES string of the molecule is COc1ccccc1C(CNC(=O)c1ccccc1OC(F)F)N1CCCC1. The van der Waals surface area contributed by atoms with Crippen LogP contribution in [0.15, 0.2) is 48.5 Å². The Morgan fingerprint density at radius 3 is 2.39 bits per heavy atom. The zero-order valence-corrected chi connectivity index (χ0v) is 15.7. The Hall–Kier alpha value is -2.67. The predicted molar refractivity (Wildman–Crippen MR) is 102 cm³/mol. The van der Waals surface area contributed by atoms with E-state index in [4.69, 9.17) is 4.74 Å². The van der Waals surface area contributed by atoms with Crippen LogP contribution >= 0.6 is 0 Å². The number of methoxy groups -OCH3 is 1. The van der Waals surface area contributed by atoms with Gasteiger partial charge in [0.15, 0.2) is 0 Å². The van der Waals surface area contributed by atoms with E-state index in [1.165, 1.54) is 12.1 Å². The number of halogens is 2.